The fourth-order valence-electron chi connectivity index (χ4n) is 3.51. The zero-order valence-electron chi connectivity index (χ0n) is 19.4. The lowest BCUT2D eigenvalue weighted by Gasteiger charge is -2.25. The topological polar surface area (TPSA) is 96.5 Å². The van der Waals surface area contributed by atoms with Crippen LogP contribution in [0, 0.1) is 5.92 Å². The number of carbonyl (C=O) groups is 3. The Labute approximate surface area is 198 Å². The number of ether oxygens (including phenoxy) is 1. The first kappa shape index (κ1) is 26.5. The average molecular weight is 472 g/mol. The molecule has 0 aliphatic carbocycles. The molecule has 2 aromatic carbocycles. The summed E-state index contributed by atoms with van der Waals surface area (Å²) in [5.41, 5.74) is 1.90. The van der Waals surface area contributed by atoms with E-state index in [1.165, 1.54) is 7.11 Å². The van der Waals surface area contributed by atoms with Crippen LogP contribution in [0.2, 0.25) is 0 Å². The van der Waals surface area contributed by atoms with Crippen molar-refractivity contribution in [2.45, 2.75) is 51.2 Å². The second-order valence-corrected chi connectivity index (χ2v) is 8.71. The zero-order chi connectivity index (χ0) is 24.2. The third-order valence-corrected chi connectivity index (χ3v) is 5.63. The molecule has 2 rings (SSSR count). The maximum absolute atomic E-state index is 13.2. The van der Waals surface area contributed by atoms with Gasteiger partial charge >= 0.3 is 5.97 Å². The fraction of sp³-hybridized carbons (Fsp3) is 0.400. The molecule has 0 fully saturated rings. The number of nitrogens with one attached hydrogen (secondary N) is 3. The number of carbonyl (C=O) groups excluding carboxylic acids is 3. The minimum Gasteiger partial charge on any atom is -0.467 e. The molecule has 0 aromatic heterocycles. The van der Waals surface area contributed by atoms with Crippen LogP contribution in [0.15, 0.2) is 60.7 Å². The van der Waals surface area contributed by atoms with Crippen molar-refractivity contribution >= 4 is 27.2 Å². The minimum absolute atomic E-state index is 0.174. The van der Waals surface area contributed by atoms with Gasteiger partial charge in [-0.2, -0.15) is 0 Å². The molecule has 0 saturated heterocycles. The molecule has 0 saturated carbocycles. The molecule has 0 heterocycles. The van der Waals surface area contributed by atoms with E-state index in [1.807, 2.05) is 74.5 Å². The van der Waals surface area contributed by atoms with Crippen LogP contribution in [0.5, 0.6) is 0 Å². The molecule has 178 valence electrons. The summed E-state index contributed by atoms with van der Waals surface area (Å²) in [5.74, 6) is -1.06. The second-order valence-electron chi connectivity index (χ2n) is 8.37. The van der Waals surface area contributed by atoms with Gasteiger partial charge in [-0.1, -0.05) is 83.9 Å². The molecule has 0 aliphatic heterocycles. The van der Waals surface area contributed by atoms with E-state index in [4.69, 9.17) is 4.74 Å². The number of hydrogen-bond acceptors (Lipinski definition) is 5. The monoisotopic (exact) mass is 471 g/mol. The Morgan fingerprint density at radius 1 is 0.788 bits per heavy atom. The van der Waals surface area contributed by atoms with Crippen LogP contribution in [-0.4, -0.2) is 43.0 Å². The van der Waals surface area contributed by atoms with Gasteiger partial charge in [0.05, 0.1) is 13.2 Å². The second kappa shape index (κ2) is 13.7. The average Bonchev–Trinajstić information content (AvgIpc) is 2.82. The number of rotatable bonds is 12. The molecule has 0 bridgehead atoms. The number of methoxy groups -OCH3 is 1. The predicted octanol–water partition coefficient (Wildman–Crippen LogP) is 2.41. The highest BCUT2D eigenvalue weighted by Crippen LogP contribution is 2.10. The van der Waals surface area contributed by atoms with E-state index in [2.05, 4.69) is 25.1 Å². The fourth-order valence-corrected chi connectivity index (χ4v) is 3.78. The van der Waals surface area contributed by atoms with Gasteiger partial charge < -0.3 is 15.4 Å². The van der Waals surface area contributed by atoms with Crippen LogP contribution in [0.1, 0.15) is 31.4 Å². The third kappa shape index (κ3) is 8.95. The molecule has 3 N–H and O–H groups in total. The van der Waals surface area contributed by atoms with Crippen LogP contribution in [-0.2, 0) is 32.0 Å². The van der Waals surface area contributed by atoms with Crippen LogP contribution >= 0.6 is 9.39 Å². The van der Waals surface area contributed by atoms with Crippen LogP contribution < -0.4 is 15.7 Å². The standard InChI is InChI=1S/C25H34N3O4P/c1-17(2)14-22(25(31)32-3)27-23(29)20(15-18-10-6-4-7-11-18)26-24(30)21(28-33)16-19-12-8-5-9-13-19/h4-13,17,20-22,28H,14-16,33H2,1-3H3,(H,26,30)(H,27,29)/t20-,21-,22-/m1/s1. The summed E-state index contributed by atoms with van der Waals surface area (Å²) in [6, 6.07) is 16.9. The van der Waals surface area contributed by atoms with Crippen molar-refractivity contribution in [3.8, 4) is 0 Å². The van der Waals surface area contributed by atoms with Crippen molar-refractivity contribution < 1.29 is 19.1 Å². The Balaban J connectivity index is 2.18. The maximum atomic E-state index is 13.2. The Bertz CT molecular complexity index is 893. The Morgan fingerprint density at radius 3 is 1.70 bits per heavy atom. The van der Waals surface area contributed by atoms with Gasteiger partial charge in [0.2, 0.25) is 11.8 Å². The highest BCUT2D eigenvalue weighted by molar-refractivity contribution is 7.13. The quantitative estimate of drug-likeness (QED) is 0.326. The van der Waals surface area contributed by atoms with Gasteiger partial charge in [-0.15, -0.1) is 0 Å². The first-order chi connectivity index (χ1) is 15.8. The van der Waals surface area contributed by atoms with Gasteiger partial charge in [0.1, 0.15) is 12.1 Å². The van der Waals surface area contributed by atoms with Crippen LogP contribution in [0.3, 0.4) is 0 Å². The SMILES string of the molecule is COC(=O)[C@@H](CC(C)C)NC(=O)[C@@H](Cc1ccccc1)NC(=O)[C@@H](Cc1ccccc1)NP. The molecule has 8 heteroatoms. The molecule has 0 radical (unpaired) electrons. The summed E-state index contributed by atoms with van der Waals surface area (Å²) >= 11 is 0. The lowest BCUT2D eigenvalue weighted by molar-refractivity contribution is -0.145. The van der Waals surface area contributed by atoms with E-state index in [9.17, 15) is 14.4 Å². The maximum Gasteiger partial charge on any atom is 0.328 e. The molecular formula is C25H34N3O4P. The third-order valence-electron chi connectivity index (χ3n) is 5.23. The van der Waals surface area contributed by atoms with E-state index in [-0.39, 0.29) is 11.8 Å². The van der Waals surface area contributed by atoms with Crippen molar-refractivity contribution in [1.29, 1.82) is 0 Å². The summed E-state index contributed by atoms with van der Waals surface area (Å²) in [6.07, 6.45) is 1.20. The number of amides is 2. The van der Waals surface area contributed by atoms with E-state index < -0.39 is 30.0 Å². The molecule has 33 heavy (non-hydrogen) atoms. The smallest absolute Gasteiger partial charge is 0.328 e. The lowest BCUT2D eigenvalue weighted by Crippen LogP contribution is -2.55. The summed E-state index contributed by atoms with van der Waals surface area (Å²) < 4.78 is 4.86. The largest absolute Gasteiger partial charge is 0.467 e. The van der Waals surface area contributed by atoms with Crippen LogP contribution in [0.25, 0.3) is 0 Å². The molecule has 4 atom stereocenters. The zero-order valence-corrected chi connectivity index (χ0v) is 20.6. The minimum atomic E-state index is -0.851. The first-order valence-corrected chi connectivity index (χ1v) is 11.6. The highest BCUT2D eigenvalue weighted by atomic mass is 31.0. The predicted molar refractivity (Wildman–Crippen MR) is 132 cm³/mol. The van der Waals surface area contributed by atoms with Crippen molar-refractivity contribution in [1.82, 2.24) is 15.7 Å². The number of hydrogen-bond donors (Lipinski definition) is 3. The van der Waals surface area contributed by atoms with Gasteiger partial charge in [0, 0.05) is 6.42 Å². The molecule has 0 aliphatic rings. The number of esters is 1. The summed E-state index contributed by atoms with van der Waals surface area (Å²) in [6.45, 7) is 3.92. The van der Waals surface area contributed by atoms with Crippen molar-refractivity contribution in [3.63, 3.8) is 0 Å². The highest BCUT2D eigenvalue weighted by Gasteiger charge is 2.29. The van der Waals surface area contributed by atoms with Crippen molar-refractivity contribution in [2.24, 2.45) is 5.92 Å². The Kier molecular flexibility index (Phi) is 11.0. The van der Waals surface area contributed by atoms with Crippen molar-refractivity contribution in [3.05, 3.63) is 71.8 Å². The van der Waals surface area contributed by atoms with Gasteiger partial charge in [-0.05, 0) is 29.9 Å². The molecule has 2 amide bonds. The molecule has 0 spiro atoms. The van der Waals surface area contributed by atoms with Gasteiger partial charge in [-0.3, -0.25) is 14.7 Å². The van der Waals surface area contributed by atoms with E-state index >= 15 is 0 Å². The first-order valence-electron chi connectivity index (χ1n) is 11.1. The molecular weight excluding hydrogens is 437 g/mol. The van der Waals surface area contributed by atoms with E-state index in [0.717, 1.165) is 11.1 Å². The summed E-state index contributed by atoms with van der Waals surface area (Å²) in [7, 11) is 3.67. The van der Waals surface area contributed by atoms with Gasteiger partial charge in [0.15, 0.2) is 0 Å². The number of benzene rings is 2. The van der Waals surface area contributed by atoms with E-state index in [1.54, 1.807) is 0 Å². The van der Waals surface area contributed by atoms with Gasteiger partial charge in [0.25, 0.3) is 0 Å². The Morgan fingerprint density at radius 2 is 1.24 bits per heavy atom. The van der Waals surface area contributed by atoms with E-state index in [0.29, 0.717) is 19.3 Å². The van der Waals surface area contributed by atoms with Gasteiger partial charge in [-0.25, -0.2) is 4.79 Å². The summed E-state index contributed by atoms with van der Waals surface area (Å²) in [4.78, 5) is 38.5. The normalized spacial score (nSPS) is 13.6. The lowest BCUT2D eigenvalue weighted by atomic mass is 10.0. The van der Waals surface area contributed by atoms with Crippen LogP contribution in [0.4, 0.5) is 0 Å². The molecule has 1 unspecified atom stereocenters. The summed E-state index contributed by atoms with van der Waals surface area (Å²) in [5, 5.41) is 8.60. The molecule has 7 nitrogen and oxygen atoms in total. The Hall–Kier alpha value is -2.76. The molecule has 2 aromatic rings. The van der Waals surface area contributed by atoms with Crippen molar-refractivity contribution in [2.75, 3.05) is 7.11 Å².